The van der Waals surface area contributed by atoms with Crippen LogP contribution in [0.1, 0.15) is 25.7 Å². The zero-order valence-corrected chi connectivity index (χ0v) is 12.3. The molecule has 0 spiro atoms. The molecule has 0 radical (unpaired) electrons. The second-order valence-corrected chi connectivity index (χ2v) is 5.22. The molecular weight excluding hydrogens is 272 g/mol. The van der Waals surface area contributed by atoms with E-state index >= 15 is 0 Å². The van der Waals surface area contributed by atoms with E-state index in [2.05, 4.69) is 5.32 Å². The van der Waals surface area contributed by atoms with Crippen molar-refractivity contribution in [3.63, 3.8) is 0 Å². The lowest BCUT2D eigenvalue weighted by Gasteiger charge is -2.31. The Kier molecular flexibility index (Phi) is 5.95. The standard InChI is InChI=1S/C15H22N2O4/c1-20-15-8-3-2-7-14(15)16-9-10-21-13-6-4-5-12(11-13)17(18)19/h4-6,11,14-16H,2-3,7-10H2,1H3/t14-,15-/m0/s1. The van der Waals surface area contributed by atoms with E-state index in [-0.39, 0.29) is 11.8 Å². The maximum Gasteiger partial charge on any atom is 0.273 e. The summed E-state index contributed by atoms with van der Waals surface area (Å²) in [5, 5.41) is 14.1. The van der Waals surface area contributed by atoms with Crippen LogP contribution < -0.4 is 10.1 Å². The molecular formula is C15H22N2O4. The zero-order chi connectivity index (χ0) is 15.1. The van der Waals surface area contributed by atoms with Gasteiger partial charge in [-0.2, -0.15) is 0 Å². The molecule has 6 heteroatoms. The average molecular weight is 294 g/mol. The van der Waals surface area contributed by atoms with Crippen LogP contribution in [0.3, 0.4) is 0 Å². The highest BCUT2D eigenvalue weighted by atomic mass is 16.6. The van der Waals surface area contributed by atoms with Gasteiger partial charge in [-0.05, 0) is 18.9 Å². The largest absolute Gasteiger partial charge is 0.492 e. The minimum atomic E-state index is -0.420. The zero-order valence-electron chi connectivity index (χ0n) is 12.3. The number of methoxy groups -OCH3 is 1. The van der Waals surface area contributed by atoms with Gasteiger partial charge in [0.2, 0.25) is 0 Å². The Morgan fingerprint density at radius 1 is 1.38 bits per heavy atom. The Morgan fingerprint density at radius 2 is 2.19 bits per heavy atom. The van der Waals surface area contributed by atoms with Crippen LogP contribution in [-0.2, 0) is 4.74 Å². The summed E-state index contributed by atoms with van der Waals surface area (Å²) in [4.78, 5) is 10.3. The van der Waals surface area contributed by atoms with Crippen molar-refractivity contribution in [1.29, 1.82) is 0 Å². The van der Waals surface area contributed by atoms with Crippen molar-refractivity contribution in [3.8, 4) is 5.75 Å². The van der Waals surface area contributed by atoms with Crippen LogP contribution in [0, 0.1) is 10.1 Å². The number of benzene rings is 1. The number of hydrogen-bond donors (Lipinski definition) is 1. The molecule has 2 atom stereocenters. The molecule has 2 rings (SSSR count). The lowest BCUT2D eigenvalue weighted by Crippen LogP contribution is -2.44. The van der Waals surface area contributed by atoms with Crippen molar-refractivity contribution in [2.75, 3.05) is 20.3 Å². The summed E-state index contributed by atoms with van der Waals surface area (Å²) in [6.07, 6.45) is 4.94. The molecule has 1 saturated carbocycles. The SMILES string of the molecule is CO[C@H]1CCCC[C@@H]1NCCOc1cccc([N+](=O)[O-])c1. The van der Waals surface area contributed by atoms with Gasteiger partial charge >= 0.3 is 0 Å². The summed E-state index contributed by atoms with van der Waals surface area (Å²) in [5.41, 5.74) is 0.0483. The summed E-state index contributed by atoms with van der Waals surface area (Å²) in [6.45, 7) is 1.18. The molecule has 6 nitrogen and oxygen atoms in total. The van der Waals surface area contributed by atoms with E-state index in [1.807, 2.05) is 0 Å². The minimum absolute atomic E-state index is 0.0483. The molecule has 0 heterocycles. The van der Waals surface area contributed by atoms with E-state index in [1.165, 1.54) is 25.0 Å². The highest BCUT2D eigenvalue weighted by Crippen LogP contribution is 2.21. The normalized spacial score (nSPS) is 22.0. The van der Waals surface area contributed by atoms with Crippen molar-refractivity contribution in [2.24, 2.45) is 0 Å². The van der Waals surface area contributed by atoms with Gasteiger partial charge in [-0.25, -0.2) is 0 Å². The van der Waals surface area contributed by atoms with Crippen LogP contribution in [0.2, 0.25) is 0 Å². The average Bonchev–Trinajstić information content (AvgIpc) is 2.52. The smallest absolute Gasteiger partial charge is 0.273 e. The third kappa shape index (κ3) is 4.68. The van der Waals surface area contributed by atoms with Crippen LogP contribution in [-0.4, -0.2) is 37.3 Å². The van der Waals surface area contributed by atoms with E-state index in [1.54, 1.807) is 19.2 Å². The Morgan fingerprint density at radius 3 is 2.95 bits per heavy atom. The molecule has 1 fully saturated rings. The summed E-state index contributed by atoms with van der Waals surface area (Å²) >= 11 is 0. The first kappa shape index (κ1) is 15.7. The number of nitro benzene ring substituents is 1. The van der Waals surface area contributed by atoms with Crippen LogP contribution in [0.15, 0.2) is 24.3 Å². The molecule has 1 aliphatic rings. The summed E-state index contributed by atoms with van der Waals surface area (Å²) in [5.74, 6) is 0.526. The number of nitrogens with one attached hydrogen (secondary N) is 1. The van der Waals surface area contributed by atoms with E-state index in [9.17, 15) is 10.1 Å². The van der Waals surface area contributed by atoms with Crippen molar-refractivity contribution in [3.05, 3.63) is 34.4 Å². The number of hydrogen-bond acceptors (Lipinski definition) is 5. The Labute approximate surface area is 124 Å². The summed E-state index contributed by atoms with van der Waals surface area (Å²) < 4.78 is 11.0. The molecule has 1 N–H and O–H groups in total. The number of rotatable bonds is 7. The van der Waals surface area contributed by atoms with Crippen LogP contribution in [0.4, 0.5) is 5.69 Å². The third-order valence-electron chi connectivity index (χ3n) is 3.81. The molecule has 0 bridgehead atoms. The fourth-order valence-corrected chi connectivity index (χ4v) is 2.71. The van der Waals surface area contributed by atoms with Crippen molar-refractivity contribution >= 4 is 5.69 Å². The quantitative estimate of drug-likeness (QED) is 0.475. The minimum Gasteiger partial charge on any atom is -0.492 e. The Hall–Kier alpha value is -1.66. The van der Waals surface area contributed by atoms with Crippen LogP contribution >= 0.6 is 0 Å². The number of nitro groups is 1. The van der Waals surface area contributed by atoms with E-state index in [0.717, 1.165) is 12.8 Å². The molecule has 0 amide bonds. The van der Waals surface area contributed by atoms with E-state index in [4.69, 9.17) is 9.47 Å². The molecule has 116 valence electrons. The van der Waals surface area contributed by atoms with Gasteiger partial charge < -0.3 is 14.8 Å². The fraction of sp³-hybridized carbons (Fsp3) is 0.600. The molecule has 1 aliphatic carbocycles. The van der Waals surface area contributed by atoms with E-state index < -0.39 is 4.92 Å². The highest BCUT2D eigenvalue weighted by molar-refractivity contribution is 5.37. The maximum atomic E-state index is 10.7. The van der Waals surface area contributed by atoms with Gasteiger partial charge in [0.25, 0.3) is 5.69 Å². The predicted molar refractivity (Wildman–Crippen MR) is 79.6 cm³/mol. The molecule has 0 saturated heterocycles. The molecule has 1 aromatic rings. The fourth-order valence-electron chi connectivity index (χ4n) is 2.71. The number of nitrogens with zero attached hydrogens (tertiary/aromatic N) is 1. The van der Waals surface area contributed by atoms with Crippen molar-refractivity contribution in [2.45, 2.75) is 37.8 Å². The van der Waals surface area contributed by atoms with Crippen molar-refractivity contribution in [1.82, 2.24) is 5.32 Å². The maximum absolute atomic E-state index is 10.7. The van der Waals surface area contributed by atoms with Gasteiger partial charge in [0, 0.05) is 25.8 Å². The van der Waals surface area contributed by atoms with Gasteiger partial charge in [0.15, 0.2) is 0 Å². The topological polar surface area (TPSA) is 73.6 Å². The highest BCUT2D eigenvalue weighted by Gasteiger charge is 2.23. The van der Waals surface area contributed by atoms with E-state index in [0.29, 0.717) is 24.9 Å². The van der Waals surface area contributed by atoms with Gasteiger partial charge in [0.05, 0.1) is 17.1 Å². The van der Waals surface area contributed by atoms with Gasteiger partial charge in [-0.15, -0.1) is 0 Å². The first-order chi connectivity index (χ1) is 10.2. The van der Waals surface area contributed by atoms with Gasteiger partial charge in [-0.3, -0.25) is 10.1 Å². The lowest BCUT2D eigenvalue weighted by molar-refractivity contribution is -0.384. The molecule has 0 unspecified atom stereocenters. The molecule has 0 aromatic heterocycles. The van der Waals surface area contributed by atoms with Crippen LogP contribution in [0.25, 0.3) is 0 Å². The number of non-ortho nitro benzene ring substituents is 1. The third-order valence-corrected chi connectivity index (χ3v) is 3.81. The second-order valence-electron chi connectivity index (χ2n) is 5.22. The molecule has 21 heavy (non-hydrogen) atoms. The molecule has 1 aromatic carbocycles. The first-order valence-electron chi connectivity index (χ1n) is 7.34. The lowest BCUT2D eigenvalue weighted by atomic mass is 9.92. The molecule has 0 aliphatic heterocycles. The van der Waals surface area contributed by atoms with Gasteiger partial charge in [0.1, 0.15) is 12.4 Å². The van der Waals surface area contributed by atoms with Crippen molar-refractivity contribution < 1.29 is 14.4 Å². The Bertz CT molecular complexity index is 467. The van der Waals surface area contributed by atoms with Gasteiger partial charge in [-0.1, -0.05) is 18.9 Å². The first-order valence-corrected chi connectivity index (χ1v) is 7.34. The van der Waals surface area contributed by atoms with Crippen LogP contribution in [0.5, 0.6) is 5.75 Å². The summed E-state index contributed by atoms with van der Waals surface area (Å²) in [6, 6.07) is 6.63. The monoisotopic (exact) mass is 294 g/mol. The summed E-state index contributed by atoms with van der Waals surface area (Å²) in [7, 11) is 1.75. The number of ether oxygens (including phenoxy) is 2. The second kappa shape index (κ2) is 7.95. The predicted octanol–water partition coefficient (Wildman–Crippen LogP) is 2.52. The Balaban J connectivity index is 1.74.